The largest absolute Gasteiger partial charge is 0.399 e. The van der Waals surface area contributed by atoms with Crippen LogP contribution in [0.1, 0.15) is 12.0 Å². The molecule has 0 saturated heterocycles. The van der Waals surface area contributed by atoms with Gasteiger partial charge in [-0.15, -0.1) is 0 Å². The third-order valence-corrected chi connectivity index (χ3v) is 2.37. The number of benzene rings is 1. The van der Waals surface area contributed by atoms with E-state index in [1.165, 1.54) is 5.56 Å². The second kappa shape index (κ2) is 4.13. The highest BCUT2D eigenvalue weighted by Crippen LogP contribution is 2.08. The second-order valence-corrected chi connectivity index (χ2v) is 3.50. The predicted octanol–water partition coefficient (Wildman–Crippen LogP) is 1.20. The van der Waals surface area contributed by atoms with Crippen molar-refractivity contribution < 1.29 is 0 Å². The van der Waals surface area contributed by atoms with Crippen molar-refractivity contribution >= 4 is 11.5 Å². The molecule has 0 spiro atoms. The Morgan fingerprint density at radius 1 is 1.21 bits per heavy atom. The number of amidine groups is 1. The van der Waals surface area contributed by atoms with Gasteiger partial charge in [-0.2, -0.15) is 0 Å². The summed E-state index contributed by atoms with van der Waals surface area (Å²) in [6.07, 6.45) is 2.04. The van der Waals surface area contributed by atoms with Crippen LogP contribution in [-0.2, 0) is 6.42 Å². The van der Waals surface area contributed by atoms with Crippen molar-refractivity contribution in [2.75, 3.05) is 18.8 Å². The van der Waals surface area contributed by atoms with Crippen molar-refractivity contribution in [3.05, 3.63) is 29.8 Å². The van der Waals surface area contributed by atoms with Crippen LogP contribution < -0.4 is 11.1 Å². The molecule has 0 bridgehead atoms. The Morgan fingerprint density at radius 2 is 2.00 bits per heavy atom. The van der Waals surface area contributed by atoms with Crippen LogP contribution in [0.4, 0.5) is 5.69 Å². The summed E-state index contributed by atoms with van der Waals surface area (Å²) in [6, 6.07) is 8.04. The van der Waals surface area contributed by atoms with Gasteiger partial charge in [0, 0.05) is 18.7 Å². The highest BCUT2D eigenvalue weighted by Gasteiger charge is 2.04. The topological polar surface area (TPSA) is 50.4 Å². The van der Waals surface area contributed by atoms with Crippen molar-refractivity contribution in [2.45, 2.75) is 12.8 Å². The van der Waals surface area contributed by atoms with Crippen LogP contribution in [0.3, 0.4) is 0 Å². The van der Waals surface area contributed by atoms with Gasteiger partial charge in [0.15, 0.2) is 0 Å². The molecule has 0 saturated carbocycles. The summed E-state index contributed by atoms with van der Waals surface area (Å²) in [5.41, 5.74) is 7.75. The Kier molecular flexibility index (Phi) is 2.68. The predicted molar refractivity (Wildman–Crippen MR) is 59.5 cm³/mol. The van der Waals surface area contributed by atoms with E-state index in [0.717, 1.165) is 37.5 Å². The SMILES string of the molecule is Nc1ccc(CCC2=NCCN2)cc1. The molecule has 0 unspecified atom stereocenters. The standard InChI is InChI=1S/C11H15N3/c12-10-4-1-9(2-5-10)3-6-11-13-7-8-14-11/h1-2,4-5H,3,6-8,12H2,(H,13,14). The van der Waals surface area contributed by atoms with Gasteiger partial charge < -0.3 is 11.1 Å². The van der Waals surface area contributed by atoms with Crippen LogP contribution in [-0.4, -0.2) is 18.9 Å². The molecule has 1 aliphatic heterocycles. The van der Waals surface area contributed by atoms with Gasteiger partial charge >= 0.3 is 0 Å². The number of hydrogen-bond acceptors (Lipinski definition) is 3. The molecule has 0 aliphatic carbocycles. The summed E-state index contributed by atoms with van der Waals surface area (Å²) >= 11 is 0. The zero-order chi connectivity index (χ0) is 9.80. The Bertz CT molecular complexity index is 327. The Balaban J connectivity index is 1.88. The summed E-state index contributed by atoms with van der Waals surface area (Å²) in [5.74, 6) is 1.14. The van der Waals surface area contributed by atoms with E-state index in [2.05, 4.69) is 22.4 Å². The maximum Gasteiger partial charge on any atom is 0.0967 e. The number of aliphatic imine (C=N–C) groups is 1. The van der Waals surface area contributed by atoms with Gasteiger partial charge in [-0.1, -0.05) is 12.1 Å². The highest BCUT2D eigenvalue weighted by atomic mass is 15.1. The van der Waals surface area contributed by atoms with Gasteiger partial charge in [-0.3, -0.25) is 4.99 Å². The first-order valence-electron chi connectivity index (χ1n) is 4.96. The average molecular weight is 189 g/mol. The zero-order valence-corrected chi connectivity index (χ0v) is 8.16. The minimum Gasteiger partial charge on any atom is -0.399 e. The van der Waals surface area contributed by atoms with E-state index in [-0.39, 0.29) is 0 Å². The summed E-state index contributed by atoms with van der Waals surface area (Å²) in [4.78, 5) is 4.35. The van der Waals surface area contributed by atoms with Crippen molar-refractivity contribution in [3.63, 3.8) is 0 Å². The second-order valence-electron chi connectivity index (χ2n) is 3.50. The molecule has 1 aromatic rings. The number of rotatable bonds is 3. The Morgan fingerprint density at radius 3 is 2.64 bits per heavy atom. The zero-order valence-electron chi connectivity index (χ0n) is 8.16. The summed E-state index contributed by atoms with van der Waals surface area (Å²) in [6.45, 7) is 1.92. The average Bonchev–Trinajstić information content (AvgIpc) is 2.70. The number of hydrogen-bond donors (Lipinski definition) is 2. The van der Waals surface area contributed by atoms with Crippen molar-refractivity contribution in [2.24, 2.45) is 4.99 Å². The Hall–Kier alpha value is -1.51. The lowest BCUT2D eigenvalue weighted by molar-refractivity contribution is 0.934. The van der Waals surface area contributed by atoms with Crippen LogP contribution in [0.5, 0.6) is 0 Å². The van der Waals surface area contributed by atoms with E-state index in [4.69, 9.17) is 5.73 Å². The molecular weight excluding hydrogens is 174 g/mol. The fourth-order valence-electron chi connectivity index (χ4n) is 1.56. The van der Waals surface area contributed by atoms with Crippen LogP contribution in [0.2, 0.25) is 0 Å². The van der Waals surface area contributed by atoms with Crippen molar-refractivity contribution in [1.82, 2.24) is 5.32 Å². The molecule has 0 fully saturated rings. The van der Waals surface area contributed by atoms with Crippen LogP contribution in [0.25, 0.3) is 0 Å². The molecule has 3 heteroatoms. The van der Waals surface area contributed by atoms with E-state index in [1.807, 2.05) is 12.1 Å². The maximum absolute atomic E-state index is 5.61. The number of aryl methyl sites for hydroxylation is 1. The normalized spacial score (nSPS) is 15.0. The van der Waals surface area contributed by atoms with E-state index in [9.17, 15) is 0 Å². The molecule has 14 heavy (non-hydrogen) atoms. The van der Waals surface area contributed by atoms with E-state index >= 15 is 0 Å². The van der Waals surface area contributed by atoms with Gasteiger partial charge in [-0.25, -0.2) is 0 Å². The summed E-state index contributed by atoms with van der Waals surface area (Å²) < 4.78 is 0. The van der Waals surface area contributed by atoms with E-state index in [1.54, 1.807) is 0 Å². The quantitative estimate of drug-likeness (QED) is 0.702. The fourth-order valence-corrected chi connectivity index (χ4v) is 1.56. The van der Waals surface area contributed by atoms with Gasteiger partial charge in [0.05, 0.1) is 12.4 Å². The molecule has 0 aromatic heterocycles. The number of nitrogens with zero attached hydrogens (tertiary/aromatic N) is 1. The molecule has 0 amide bonds. The number of nitrogen functional groups attached to an aromatic ring is 1. The first-order chi connectivity index (χ1) is 6.84. The minimum atomic E-state index is 0.824. The molecule has 1 aliphatic rings. The lowest BCUT2D eigenvalue weighted by Crippen LogP contribution is -2.18. The molecule has 1 aromatic carbocycles. The first-order valence-corrected chi connectivity index (χ1v) is 4.96. The van der Waals surface area contributed by atoms with Crippen molar-refractivity contribution in [3.8, 4) is 0 Å². The van der Waals surface area contributed by atoms with Crippen LogP contribution >= 0.6 is 0 Å². The molecule has 0 radical (unpaired) electrons. The van der Waals surface area contributed by atoms with Gasteiger partial charge in [0.2, 0.25) is 0 Å². The molecule has 74 valence electrons. The van der Waals surface area contributed by atoms with Crippen LogP contribution in [0, 0.1) is 0 Å². The van der Waals surface area contributed by atoms with Crippen molar-refractivity contribution in [1.29, 1.82) is 0 Å². The molecule has 3 nitrogen and oxygen atoms in total. The minimum absolute atomic E-state index is 0.824. The van der Waals surface area contributed by atoms with Gasteiger partial charge in [-0.05, 0) is 24.1 Å². The molecular formula is C11H15N3. The summed E-state index contributed by atoms with van der Waals surface area (Å²) in [5, 5.41) is 3.26. The Labute approximate surface area is 84.0 Å². The smallest absolute Gasteiger partial charge is 0.0967 e. The maximum atomic E-state index is 5.61. The van der Waals surface area contributed by atoms with Crippen LogP contribution in [0.15, 0.2) is 29.3 Å². The summed E-state index contributed by atoms with van der Waals surface area (Å²) in [7, 11) is 0. The van der Waals surface area contributed by atoms with Gasteiger partial charge in [0.25, 0.3) is 0 Å². The van der Waals surface area contributed by atoms with Gasteiger partial charge in [0.1, 0.15) is 0 Å². The lowest BCUT2D eigenvalue weighted by atomic mass is 10.1. The molecule has 0 atom stereocenters. The monoisotopic (exact) mass is 189 g/mol. The highest BCUT2D eigenvalue weighted by molar-refractivity contribution is 5.83. The first kappa shape index (κ1) is 9.06. The van der Waals surface area contributed by atoms with E-state index in [0.29, 0.717) is 0 Å². The molecule has 1 heterocycles. The molecule has 2 rings (SSSR count). The molecule has 3 N–H and O–H groups in total. The fraction of sp³-hybridized carbons (Fsp3) is 0.364. The number of anilines is 1. The third-order valence-electron chi connectivity index (χ3n) is 2.37. The number of nitrogens with two attached hydrogens (primary N) is 1. The lowest BCUT2D eigenvalue weighted by Gasteiger charge is -2.02. The van der Waals surface area contributed by atoms with E-state index < -0.39 is 0 Å². The number of nitrogens with one attached hydrogen (secondary N) is 1. The third kappa shape index (κ3) is 2.25.